The molecule has 0 aromatic heterocycles. The molecule has 19 heavy (non-hydrogen) atoms. The van der Waals surface area contributed by atoms with Crippen molar-refractivity contribution >= 4 is 12.2 Å². The molecule has 0 amide bonds. The van der Waals surface area contributed by atoms with Crippen molar-refractivity contribution in [2.45, 2.75) is 5.92 Å². The van der Waals surface area contributed by atoms with E-state index in [-0.39, 0.29) is 5.92 Å². The van der Waals surface area contributed by atoms with E-state index in [0.29, 0.717) is 0 Å². The Morgan fingerprint density at radius 3 is 2.47 bits per heavy atom. The first-order chi connectivity index (χ1) is 9.33. The van der Waals surface area contributed by atoms with Gasteiger partial charge in [-0.2, -0.15) is 5.26 Å². The molecule has 0 saturated heterocycles. The van der Waals surface area contributed by atoms with Gasteiger partial charge in [-0.1, -0.05) is 42.5 Å². The Kier molecular flexibility index (Phi) is 2.81. The topological polar surface area (TPSA) is 33.0 Å². The Bertz CT molecular complexity index is 695. The highest BCUT2D eigenvalue weighted by molar-refractivity contribution is 5.77. The molecule has 0 saturated carbocycles. The second kappa shape index (κ2) is 4.62. The van der Waals surface area contributed by atoms with Crippen LogP contribution in [0.4, 0.5) is 0 Å². The second-order valence-corrected chi connectivity index (χ2v) is 4.52. The van der Waals surface area contributed by atoms with Crippen LogP contribution < -0.4 is 4.74 Å². The van der Waals surface area contributed by atoms with E-state index < -0.39 is 0 Å². The molecule has 2 aromatic rings. The maximum Gasteiger partial charge on any atom is 0.119 e. The standard InChI is InChI=1S/C17H13NO/c1-19-14-9-8-13-7-6-12-4-2-3-5-15(12)17(11-18)16(13)10-14/h2-10,17H,1H3. The predicted octanol–water partition coefficient (Wildman–Crippen LogP) is 3.83. The molecule has 0 aliphatic heterocycles. The fourth-order valence-electron chi connectivity index (χ4n) is 2.49. The normalized spacial score (nSPS) is 15.9. The summed E-state index contributed by atoms with van der Waals surface area (Å²) < 4.78 is 5.27. The van der Waals surface area contributed by atoms with Crippen LogP contribution in [0.3, 0.4) is 0 Å². The van der Waals surface area contributed by atoms with Gasteiger partial charge in [0.25, 0.3) is 0 Å². The zero-order valence-corrected chi connectivity index (χ0v) is 10.6. The van der Waals surface area contributed by atoms with Crippen LogP contribution in [0.15, 0.2) is 42.5 Å². The van der Waals surface area contributed by atoms with Crippen molar-refractivity contribution in [2.24, 2.45) is 0 Å². The molecule has 1 unspecified atom stereocenters. The monoisotopic (exact) mass is 247 g/mol. The first kappa shape index (κ1) is 11.6. The molecule has 0 N–H and O–H groups in total. The van der Waals surface area contributed by atoms with E-state index in [1.165, 1.54) is 0 Å². The average Bonchev–Trinajstić information content (AvgIpc) is 2.62. The van der Waals surface area contributed by atoms with E-state index in [0.717, 1.165) is 28.0 Å². The number of benzene rings is 2. The van der Waals surface area contributed by atoms with E-state index in [9.17, 15) is 5.26 Å². The van der Waals surface area contributed by atoms with Gasteiger partial charge in [-0.3, -0.25) is 0 Å². The summed E-state index contributed by atoms with van der Waals surface area (Å²) in [6.45, 7) is 0. The number of nitriles is 1. The molecule has 0 spiro atoms. The quantitative estimate of drug-likeness (QED) is 0.767. The zero-order valence-electron chi connectivity index (χ0n) is 10.6. The fourth-order valence-corrected chi connectivity index (χ4v) is 2.49. The Balaban J connectivity index is 2.26. The predicted molar refractivity (Wildman–Crippen MR) is 75.8 cm³/mol. The summed E-state index contributed by atoms with van der Waals surface area (Å²) in [7, 11) is 1.64. The maximum absolute atomic E-state index is 9.55. The van der Waals surface area contributed by atoms with Crippen LogP contribution in [-0.4, -0.2) is 7.11 Å². The molecule has 2 nitrogen and oxygen atoms in total. The van der Waals surface area contributed by atoms with Crippen molar-refractivity contribution in [1.82, 2.24) is 0 Å². The average molecular weight is 247 g/mol. The summed E-state index contributed by atoms with van der Waals surface area (Å²) in [6, 6.07) is 16.3. The number of hydrogen-bond acceptors (Lipinski definition) is 2. The lowest BCUT2D eigenvalue weighted by Gasteiger charge is -2.14. The van der Waals surface area contributed by atoms with Crippen LogP contribution in [0.5, 0.6) is 5.75 Å². The Labute approximate surface area is 112 Å². The van der Waals surface area contributed by atoms with Gasteiger partial charge in [-0.25, -0.2) is 0 Å². The third-order valence-corrected chi connectivity index (χ3v) is 3.48. The summed E-state index contributed by atoms with van der Waals surface area (Å²) in [5.41, 5.74) is 4.23. The smallest absolute Gasteiger partial charge is 0.119 e. The maximum atomic E-state index is 9.55. The molecule has 2 aromatic carbocycles. The van der Waals surface area contributed by atoms with Crippen LogP contribution in [0.2, 0.25) is 0 Å². The van der Waals surface area contributed by atoms with Crippen molar-refractivity contribution in [3.8, 4) is 11.8 Å². The molecule has 0 fully saturated rings. The van der Waals surface area contributed by atoms with Crippen molar-refractivity contribution in [3.63, 3.8) is 0 Å². The van der Waals surface area contributed by atoms with Crippen molar-refractivity contribution in [3.05, 3.63) is 64.7 Å². The lowest BCUT2D eigenvalue weighted by Crippen LogP contribution is -2.01. The first-order valence-corrected chi connectivity index (χ1v) is 6.18. The van der Waals surface area contributed by atoms with Gasteiger partial charge in [0.2, 0.25) is 0 Å². The summed E-state index contributed by atoms with van der Waals surface area (Å²) in [4.78, 5) is 0. The number of methoxy groups -OCH3 is 1. The second-order valence-electron chi connectivity index (χ2n) is 4.52. The largest absolute Gasteiger partial charge is 0.497 e. The van der Waals surface area contributed by atoms with Crippen LogP contribution >= 0.6 is 0 Å². The fraction of sp³-hybridized carbons (Fsp3) is 0.118. The third kappa shape index (κ3) is 1.90. The molecule has 2 heteroatoms. The molecule has 0 radical (unpaired) electrons. The minimum atomic E-state index is -0.253. The molecular formula is C17H13NO. The highest BCUT2D eigenvalue weighted by Gasteiger charge is 2.21. The highest BCUT2D eigenvalue weighted by atomic mass is 16.5. The van der Waals surface area contributed by atoms with Crippen LogP contribution in [0.1, 0.15) is 28.2 Å². The van der Waals surface area contributed by atoms with Crippen molar-refractivity contribution in [2.75, 3.05) is 7.11 Å². The Hall–Kier alpha value is -2.53. The Morgan fingerprint density at radius 1 is 1.00 bits per heavy atom. The van der Waals surface area contributed by atoms with Gasteiger partial charge in [0.1, 0.15) is 5.75 Å². The molecule has 3 rings (SSSR count). The molecule has 1 atom stereocenters. The van der Waals surface area contributed by atoms with Crippen LogP contribution in [-0.2, 0) is 0 Å². The zero-order chi connectivity index (χ0) is 13.2. The SMILES string of the molecule is COc1ccc2c(c1)C(C#N)c1ccccc1C=C2. The van der Waals surface area contributed by atoms with Crippen LogP contribution in [0.25, 0.3) is 12.2 Å². The summed E-state index contributed by atoms with van der Waals surface area (Å²) in [6.07, 6.45) is 4.13. The summed E-state index contributed by atoms with van der Waals surface area (Å²) in [5, 5.41) is 9.55. The number of nitrogens with zero attached hydrogens (tertiary/aromatic N) is 1. The van der Waals surface area contributed by atoms with Gasteiger partial charge in [-0.15, -0.1) is 0 Å². The van der Waals surface area contributed by atoms with E-state index in [1.54, 1.807) is 7.11 Å². The molecule has 1 aliphatic rings. The van der Waals surface area contributed by atoms with Gasteiger partial charge in [0.05, 0.1) is 19.1 Å². The highest BCUT2D eigenvalue weighted by Crippen LogP contribution is 2.35. The Morgan fingerprint density at radius 2 is 1.74 bits per heavy atom. The van der Waals surface area contributed by atoms with Crippen LogP contribution in [0, 0.1) is 11.3 Å². The van der Waals surface area contributed by atoms with E-state index >= 15 is 0 Å². The minimum Gasteiger partial charge on any atom is -0.497 e. The lowest BCUT2D eigenvalue weighted by atomic mass is 9.89. The number of rotatable bonds is 1. The first-order valence-electron chi connectivity index (χ1n) is 6.18. The number of fused-ring (bicyclic) bond motifs is 2. The van der Waals surface area contributed by atoms with Gasteiger partial charge in [-0.05, 0) is 34.4 Å². The molecule has 1 aliphatic carbocycles. The molecule has 0 bridgehead atoms. The summed E-state index contributed by atoms with van der Waals surface area (Å²) in [5.74, 6) is 0.531. The van der Waals surface area contributed by atoms with Gasteiger partial charge >= 0.3 is 0 Å². The van der Waals surface area contributed by atoms with Crippen molar-refractivity contribution < 1.29 is 4.74 Å². The molecule has 92 valence electrons. The number of ether oxygens (including phenoxy) is 1. The van der Waals surface area contributed by atoms with Gasteiger partial charge < -0.3 is 4.74 Å². The minimum absolute atomic E-state index is 0.253. The lowest BCUT2D eigenvalue weighted by molar-refractivity contribution is 0.414. The third-order valence-electron chi connectivity index (χ3n) is 3.48. The van der Waals surface area contributed by atoms with Crippen molar-refractivity contribution in [1.29, 1.82) is 5.26 Å². The van der Waals surface area contributed by atoms with E-state index in [2.05, 4.69) is 18.2 Å². The van der Waals surface area contributed by atoms with Gasteiger partial charge in [0, 0.05) is 0 Å². The molecule has 0 heterocycles. The van der Waals surface area contributed by atoms with E-state index in [4.69, 9.17) is 4.74 Å². The van der Waals surface area contributed by atoms with Gasteiger partial charge in [0.15, 0.2) is 0 Å². The van der Waals surface area contributed by atoms with E-state index in [1.807, 2.05) is 42.5 Å². The molecular weight excluding hydrogens is 234 g/mol. The number of hydrogen-bond donors (Lipinski definition) is 0. The summed E-state index contributed by atoms with van der Waals surface area (Å²) >= 11 is 0.